The number of carbonyl (C=O) groups excluding carboxylic acids is 1. The zero-order valence-electron chi connectivity index (χ0n) is 13.8. The standard InChI is InChI=1S/C17H21FN4OS/c1-11(24-17-21-20-12(2)22(17)15-7-8-15)16(23)19-10-9-13-3-5-14(18)6-4-13/h3-6,11,15H,7-10H2,1-2H3,(H,19,23)/t11-/m1/s1. The van der Waals surface area contributed by atoms with Crippen LogP contribution in [0.3, 0.4) is 0 Å². The highest BCUT2D eigenvalue weighted by molar-refractivity contribution is 8.00. The molecule has 0 spiro atoms. The lowest BCUT2D eigenvalue weighted by Crippen LogP contribution is -2.32. The average Bonchev–Trinajstić information content (AvgIpc) is 3.33. The van der Waals surface area contributed by atoms with Gasteiger partial charge in [-0.1, -0.05) is 23.9 Å². The lowest BCUT2D eigenvalue weighted by Gasteiger charge is -2.12. The van der Waals surface area contributed by atoms with E-state index in [-0.39, 0.29) is 17.0 Å². The Labute approximate surface area is 145 Å². The Morgan fingerprint density at radius 3 is 2.75 bits per heavy atom. The van der Waals surface area contributed by atoms with E-state index in [9.17, 15) is 9.18 Å². The van der Waals surface area contributed by atoms with Crippen LogP contribution in [0.25, 0.3) is 0 Å². The fraction of sp³-hybridized carbons (Fsp3) is 0.471. The van der Waals surface area contributed by atoms with E-state index in [4.69, 9.17) is 0 Å². The summed E-state index contributed by atoms with van der Waals surface area (Å²) in [5, 5.41) is 11.8. The van der Waals surface area contributed by atoms with E-state index in [0.29, 0.717) is 19.0 Å². The third-order valence-corrected chi connectivity index (χ3v) is 5.08. The van der Waals surface area contributed by atoms with Crippen molar-refractivity contribution in [3.05, 3.63) is 41.5 Å². The molecule has 2 aromatic rings. The predicted octanol–water partition coefficient (Wildman–Crippen LogP) is 2.90. The highest BCUT2D eigenvalue weighted by Crippen LogP contribution is 2.39. The van der Waals surface area contributed by atoms with Gasteiger partial charge in [0.15, 0.2) is 5.16 Å². The van der Waals surface area contributed by atoms with Crippen LogP contribution in [-0.4, -0.2) is 32.5 Å². The molecule has 0 bridgehead atoms. The molecule has 0 aliphatic heterocycles. The van der Waals surface area contributed by atoms with Crippen LogP contribution in [0.2, 0.25) is 0 Å². The molecular formula is C17H21FN4OS. The van der Waals surface area contributed by atoms with Crippen molar-refractivity contribution < 1.29 is 9.18 Å². The molecule has 3 rings (SSSR count). The molecule has 0 saturated heterocycles. The normalized spacial score (nSPS) is 15.3. The van der Waals surface area contributed by atoms with Crippen LogP contribution in [-0.2, 0) is 11.2 Å². The number of amides is 1. The van der Waals surface area contributed by atoms with E-state index in [0.717, 1.165) is 29.4 Å². The summed E-state index contributed by atoms with van der Waals surface area (Å²) in [6.07, 6.45) is 3.00. The number of aryl methyl sites for hydroxylation is 1. The SMILES string of the molecule is Cc1nnc(S[C@H](C)C(=O)NCCc2ccc(F)cc2)n1C1CC1. The molecule has 128 valence electrons. The van der Waals surface area contributed by atoms with Crippen LogP contribution in [0, 0.1) is 12.7 Å². The fourth-order valence-corrected chi connectivity index (χ4v) is 3.51. The van der Waals surface area contributed by atoms with Gasteiger partial charge in [-0.25, -0.2) is 4.39 Å². The molecule has 5 nitrogen and oxygen atoms in total. The summed E-state index contributed by atoms with van der Waals surface area (Å²) in [4.78, 5) is 12.2. The zero-order chi connectivity index (χ0) is 17.1. The Morgan fingerprint density at radius 1 is 1.38 bits per heavy atom. The van der Waals surface area contributed by atoms with Crippen LogP contribution in [0.15, 0.2) is 29.4 Å². The van der Waals surface area contributed by atoms with E-state index < -0.39 is 0 Å². The van der Waals surface area contributed by atoms with Crippen molar-refractivity contribution in [1.82, 2.24) is 20.1 Å². The van der Waals surface area contributed by atoms with Crippen molar-refractivity contribution >= 4 is 17.7 Å². The summed E-state index contributed by atoms with van der Waals surface area (Å²) in [7, 11) is 0. The molecule has 1 saturated carbocycles. The van der Waals surface area contributed by atoms with E-state index in [1.807, 2.05) is 13.8 Å². The maximum Gasteiger partial charge on any atom is 0.233 e. The number of rotatable bonds is 7. The molecule has 1 aromatic carbocycles. The van der Waals surface area contributed by atoms with Crippen molar-refractivity contribution in [2.45, 2.75) is 49.6 Å². The second-order valence-corrected chi connectivity index (χ2v) is 7.37. The minimum absolute atomic E-state index is 0.0230. The molecule has 1 aliphatic carbocycles. The Bertz CT molecular complexity index is 712. The van der Waals surface area contributed by atoms with Crippen molar-refractivity contribution in [3.8, 4) is 0 Å². The molecular weight excluding hydrogens is 327 g/mol. The van der Waals surface area contributed by atoms with Crippen LogP contribution < -0.4 is 5.32 Å². The first-order valence-electron chi connectivity index (χ1n) is 8.15. The van der Waals surface area contributed by atoms with Crippen LogP contribution in [0.4, 0.5) is 4.39 Å². The first kappa shape index (κ1) is 17.0. The Hall–Kier alpha value is -1.89. The number of nitrogens with one attached hydrogen (secondary N) is 1. The van der Waals surface area contributed by atoms with Gasteiger partial charge in [0.25, 0.3) is 0 Å². The highest BCUT2D eigenvalue weighted by atomic mass is 32.2. The topological polar surface area (TPSA) is 59.8 Å². The highest BCUT2D eigenvalue weighted by Gasteiger charge is 2.29. The molecule has 1 aromatic heterocycles. The molecule has 7 heteroatoms. The summed E-state index contributed by atoms with van der Waals surface area (Å²) >= 11 is 1.44. The van der Waals surface area contributed by atoms with Crippen molar-refractivity contribution in [3.63, 3.8) is 0 Å². The smallest absolute Gasteiger partial charge is 0.233 e. The van der Waals surface area contributed by atoms with E-state index >= 15 is 0 Å². The van der Waals surface area contributed by atoms with Gasteiger partial charge in [-0.3, -0.25) is 4.79 Å². The van der Waals surface area contributed by atoms with Crippen LogP contribution >= 0.6 is 11.8 Å². The van der Waals surface area contributed by atoms with Gasteiger partial charge in [0.1, 0.15) is 11.6 Å². The quantitative estimate of drug-likeness (QED) is 0.782. The van der Waals surface area contributed by atoms with Crippen molar-refractivity contribution in [1.29, 1.82) is 0 Å². The first-order valence-corrected chi connectivity index (χ1v) is 9.03. The van der Waals surface area contributed by atoms with E-state index in [1.165, 1.54) is 23.9 Å². The number of thioether (sulfide) groups is 1. The molecule has 24 heavy (non-hydrogen) atoms. The third-order valence-electron chi connectivity index (χ3n) is 4.02. The zero-order valence-corrected chi connectivity index (χ0v) is 14.6. The molecule has 0 radical (unpaired) electrons. The minimum atomic E-state index is -0.247. The lowest BCUT2D eigenvalue weighted by atomic mass is 10.1. The number of carbonyl (C=O) groups is 1. The number of nitrogens with zero attached hydrogens (tertiary/aromatic N) is 3. The maximum absolute atomic E-state index is 12.9. The third kappa shape index (κ3) is 4.14. The second-order valence-electron chi connectivity index (χ2n) is 6.06. The summed E-state index contributed by atoms with van der Waals surface area (Å²) in [6.45, 7) is 4.35. The minimum Gasteiger partial charge on any atom is -0.355 e. The molecule has 0 unspecified atom stereocenters. The monoisotopic (exact) mass is 348 g/mol. The second kappa shape index (κ2) is 7.34. The van der Waals surface area contributed by atoms with Gasteiger partial charge >= 0.3 is 0 Å². The summed E-state index contributed by atoms with van der Waals surface area (Å²) in [5.74, 6) is 0.636. The molecule has 1 amide bonds. The first-order chi connectivity index (χ1) is 11.5. The fourth-order valence-electron chi connectivity index (χ4n) is 2.52. The molecule has 1 heterocycles. The van der Waals surface area contributed by atoms with Gasteiger partial charge in [-0.15, -0.1) is 10.2 Å². The van der Waals surface area contributed by atoms with Gasteiger partial charge in [0, 0.05) is 12.6 Å². The summed E-state index contributed by atoms with van der Waals surface area (Å²) < 4.78 is 15.0. The molecule has 1 atom stereocenters. The molecule has 1 N–H and O–H groups in total. The predicted molar refractivity (Wildman–Crippen MR) is 91.5 cm³/mol. The number of halogens is 1. The van der Waals surface area contributed by atoms with Gasteiger partial charge < -0.3 is 9.88 Å². The maximum atomic E-state index is 12.9. The lowest BCUT2D eigenvalue weighted by molar-refractivity contribution is -0.120. The van der Waals surface area contributed by atoms with E-state index in [1.54, 1.807) is 12.1 Å². The number of hydrogen-bond donors (Lipinski definition) is 1. The van der Waals surface area contributed by atoms with Gasteiger partial charge in [0.05, 0.1) is 5.25 Å². The average molecular weight is 348 g/mol. The summed E-state index contributed by atoms with van der Waals surface area (Å²) in [6, 6.07) is 6.84. The van der Waals surface area contributed by atoms with Crippen molar-refractivity contribution in [2.75, 3.05) is 6.54 Å². The Morgan fingerprint density at radius 2 is 2.08 bits per heavy atom. The largest absolute Gasteiger partial charge is 0.355 e. The molecule has 1 fully saturated rings. The Balaban J connectivity index is 1.49. The van der Waals surface area contributed by atoms with Crippen molar-refractivity contribution in [2.24, 2.45) is 0 Å². The number of hydrogen-bond acceptors (Lipinski definition) is 4. The van der Waals surface area contributed by atoms with E-state index in [2.05, 4.69) is 20.1 Å². The van der Waals surface area contributed by atoms with Gasteiger partial charge in [-0.2, -0.15) is 0 Å². The number of aromatic nitrogens is 3. The van der Waals surface area contributed by atoms with Crippen LogP contribution in [0.1, 0.15) is 37.2 Å². The molecule has 1 aliphatic rings. The number of benzene rings is 1. The Kier molecular flexibility index (Phi) is 5.18. The van der Waals surface area contributed by atoms with Crippen LogP contribution in [0.5, 0.6) is 0 Å². The summed E-state index contributed by atoms with van der Waals surface area (Å²) in [5.41, 5.74) is 1.00. The van der Waals surface area contributed by atoms with Gasteiger partial charge in [-0.05, 0) is 50.8 Å². The van der Waals surface area contributed by atoms with Gasteiger partial charge in [0.2, 0.25) is 5.91 Å².